The largest absolute Gasteiger partial charge is 0.461 e. The average molecular weight is 396 g/mol. The van der Waals surface area contributed by atoms with Gasteiger partial charge in [-0.2, -0.15) is 0 Å². The zero-order valence-electron chi connectivity index (χ0n) is 15.2. The second-order valence-corrected chi connectivity index (χ2v) is 7.78. The molecule has 1 fully saturated rings. The molecule has 6 nitrogen and oxygen atoms in total. The van der Waals surface area contributed by atoms with E-state index in [9.17, 15) is 14.9 Å². The van der Waals surface area contributed by atoms with E-state index in [1.54, 1.807) is 29.5 Å². The summed E-state index contributed by atoms with van der Waals surface area (Å²) < 4.78 is 6.76. The number of rotatable bonds is 5. The van der Waals surface area contributed by atoms with Gasteiger partial charge in [0.25, 0.3) is 5.69 Å². The van der Waals surface area contributed by atoms with Crippen molar-refractivity contribution >= 4 is 38.8 Å². The van der Waals surface area contributed by atoms with E-state index < -0.39 is 0 Å². The van der Waals surface area contributed by atoms with Crippen molar-refractivity contribution in [3.63, 3.8) is 0 Å². The molecule has 0 bridgehead atoms. The van der Waals surface area contributed by atoms with Crippen LogP contribution in [0.4, 0.5) is 11.4 Å². The third-order valence-electron chi connectivity index (χ3n) is 5.18. The average Bonchev–Trinajstić information content (AvgIpc) is 3.15. The number of piperidine rings is 1. The lowest BCUT2D eigenvalue weighted by molar-refractivity contribution is -0.384. The van der Waals surface area contributed by atoms with Crippen LogP contribution in [0.25, 0.3) is 10.1 Å². The van der Waals surface area contributed by atoms with E-state index in [0.29, 0.717) is 31.6 Å². The smallest absolute Gasteiger partial charge is 0.309 e. The standard InChI is InChI=1S/C21H20N2O4S/c24-21(27-13-16-14-28-20-8-4-1-5-17(16)20)15-9-11-22(12-10-15)18-6-2-3-7-19(18)23(25)26/h1-8,14-15H,9-13H2. The number of benzene rings is 2. The monoisotopic (exact) mass is 396 g/mol. The SMILES string of the molecule is O=C(OCc1csc2ccccc12)C1CCN(c2ccccc2[N+](=O)[O-])CC1. The number of nitrogens with zero attached hydrogens (tertiary/aromatic N) is 2. The Morgan fingerprint density at radius 1 is 1.14 bits per heavy atom. The molecule has 0 atom stereocenters. The number of nitro groups is 1. The molecule has 0 N–H and O–H groups in total. The number of esters is 1. The fourth-order valence-corrected chi connectivity index (χ4v) is 4.60. The lowest BCUT2D eigenvalue weighted by Crippen LogP contribution is -2.37. The number of hydrogen-bond acceptors (Lipinski definition) is 6. The predicted molar refractivity (Wildman–Crippen MR) is 110 cm³/mol. The summed E-state index contributed by atoms with van der Waals surface area (Å²) in [5.41, 5.74) is 1.75. The predicted octanol–water partition coefficient (Wildman–Crippen LogP) is 4.77. The summed E-state index contributed by atoms with van der Waals surface area (Å²) in [6.07, 6.45) is 1.27. The molecule has 0 radical (unpaired) electrons. The highest BCUT2D eigenvalue weighted by molar-refractivity contribution is 7.17. The summed E-state index contributed by atoms with van der Waals surface area (Å²) in [7, 11) is 0. The molecule has 1 aliphatic rings. The summed E-state index contributed by atoms with van der Waals surface area (Å²) in [5, 5.41) is 14.4. The van der Waals surface area contributed by atoms with Gasteiger partial charge in [-0.25, -0.2) is 0 Å². The maximum Gasteiger partial charge on any atom is 0.309 e. The fourth-order valence-electron chi connectivity index (χ4n) is 3.65. The molecule has 28 heavy (non-hydrogen) atoms. The Balaban J connectivity index is 1.35. The van der Waals surface area contributed by atoms with E-state index in [1.807, 2.05) is 28.5 Å². The molecule has 7 heteroatoms. The molecule has 1 aliphatic heterocycles. The molecule has 0 amide bonds. The number of fused-ring (bicyclic) bond motifs is 1. The summed E-state index contributed by atoms with van der Waals surface area (Å²) in [6, 6.07) is 14.8. The topological polar surface area (TPSA) is 72.7 Å². The van der Waals surface area contributed by atoms with Crippen LogP contribution in [0.3, 0.4) is 0 Å². The molecule has 0 aliphatic carbocycles. The van der Waals surface area contributed by atoms with Gasteiger partial charge >= 0.3 is 5.97 Å². The number of carbonyl (C=O) groups excluding carboxylic acids is 1. The molecule has 0 saturated carbocycles. The molecule has 2 aromatic carbocycles. The van der Waals surface area contributed by atoms with Crippen molar-refractivity contribution in [2.24, 2.45) is 5.92 Å². The van der Waals surface area contributed by atoms with E-state index in [0.717, 1.165) is 10.9 Å². The Kier molecular flexibility index (Phi) is 5.25. The fraction of sp³-hybridized carbons (Fsp3) is 0.286. The number of ether oxygens (including phenoxy) is 1. The molecule has 144 valence electrons. The van der Waals surface area contributed by atoms with Crippen molar-refractivity contribution in [3.05, 3.63) is 69.6 Å². The quantitative estimate of drug-likeness (QED) is 0.353. The lowest BCUT2D eigenvalue weighted by Gasteiger charge is -2.32. The lowest BCUT2D eigenvalue weighted by atomic mass is 9.96. The van der Waals surface area contributed by atoms with Gasteiger partial charge in [-0.05, 0) is 35.7 Å². The van der Waals surface area contributed by atoms with Gasteiger partial charge in [0.05, 0.1) is 10.8 Å². The van der Waals surface area contributed by atoms with Gasteiger partial charge in [0.15, 0.2) is 0 Å². The van der Waals surface area contributed by atoms with Crippen molar-refractivity contribution in [2.75, 3.05) is 18.0 Å². The summed E-state index contributed by atoms with van der Waals surface area (Å²) in [6.45, 7) is 1.49. The Bertz CT molecular complexity index is 1010. The Morgan fingerprint density at radius 2 is 1.86 bits per heavy atom. The third kappa shape index (κ3) is 3.71. The van der Waals surface area contributed by atoms with Gasteiger partial charge in [0.2, 0.25) is 0 Å². The number of anilines is 1. The van der Waals surface area contributed by atoms with Gasteiger partial charge in [0, 0.05) is 29.4 Å². The van der Waals surface area contributed by atoms with E-state index in [1.165, 1.54) is 10.8 Å². The van der Waals surface area contributed by atoms with Gasteiger partial charge in [-0.15, -0.1) is 11.3 Å². The molecule has 4 rings (SSSR count). The number of carbonyl (C=O) groups is 1. The first kappa shape index (κ1) is 18.4. The maximum absolute atomic E-state index is 12.5. The molecular formula is C21H20N2O4S. The highest BCUT2D eigenvalue weighted by Crippen LogP contribution is 2.32. The van der Waals surface area contributed by atoms with Crippen LogP contribution in [-0.4, -0.2) is 24.0 Å². The van der Waals surface area contributed by atoms with Crippen LogP contribution in [0, 0.1) is 16.0 Å². The van der Waals surface area contributed by atoms with Crippen LogP contribution in [0.5, 0.6) is 0 Å². The zero-order chi connectivity index (χ0) is 19.5. The van der Waals surface area contributed by atoms with Crippen molar-refractivity contribution in [1.29, 1.82) is 0 Å². The second-order valence-electron chi connectivity index (χ2n) is 6.87. The minimum Gasteiger partial charge on any atom is -0.461 e. The Labute approximate surface area is 166 Å². The van der Waals surface area contributed by atoms with E-state index >= 15 is 0 Å². The second kappa shape index (κ2) is 7.98. The number of hydrogen-bond donors (Lipinski definition) is 0. The van der Waals surface area contributed by atoms with Crippen molar-refractivity contribution in [1.82, 2.24) is 0 Å². The van der Waals surface area contributed by atoms with Crippen molar-refractivity contribution < 1.29 is 14.5 Å². The zero-order valence-corrected chi connectivity index (χ0v) is 16.1. The molecule has 0 spiro atoms. The molecule has 2 heterocycles. The number of thiophene rings is 1. The molecule has 1 saturated heterocycles. The maximum atomic E-state index is 12.5. The van der Waals surface area contributed by atoms with Crippen LogP contribution in [0.1, 0.15) is 18.4 Å². The molecule has 0 unspecified atom stereocenters. The number of para-hydroxylation sites is 2. The third-order valence-corrected chi connectivity index (χ3v) is 6.19. The van der Waals surface area contributed by atoms with Gasteiger partial charge < -0.3 is 9.64 Å². The normalized spacial score (nSPS) is 14.9. The minimum absolute atomic E-state index is 0.105. The van der Waals surface area contributed by atoms with Gasteiger partial charge in [-0.1, -0.05) is 30.3 Å². The summed E-state index contributed by atoms with van der Waals surface area (Å²) in [5.74, 6) is -0.346. The van der Waals surface area contributed by atoms with E-state index in [-0.39, 0.29) is 29.1 Å². The Morgan fingerprint density at radius 3 is 2.64 bits per heavy atom. The first-order chi connectivity index (χ1) is 13.6. The molecule has 3 aromatic rings. The van der Waals surface area contributed by atoms with E-state index in [4.69, 9.17) is 4.74 Å². The first-order valence-electron chi connectivity index (χ1n) is 9.23. The van der Waals surface area contributed by atoms with Crippen LogP contribution in [0.15, 0.2) is 53.9 Å². The number of nitro benzene ring substituents is 1. The van der Waals surface area contributed by atoms with Crippen LogP contribution in [0.2, 0.25) is 0 Å². The van der Waals surface area contributed by atoms with Crippen LogP contribution < -0.4 is 4.90 Å². The van der Waals surface area contributed by atoms with Crippen LogP contribution >= 0.6 is 11.3 Å². The highest BCUT2D eigenvalue weighted by Gasteiger charge is 2.29. The summed E-state index contributed by atoms with van der Waals surface area (Å²) in [4.78, 5) is 25.4. The van der Waals surface area contributed by atoms with Crippen molar-refractivity contribution in [3.8, 4) is 0 Å². The van der Waals surface area contributed by atoms with Gasteiger partial charge in [-0.3, -0.25) is 14.9 Å². The van der Waals surface area contributed by atoms with Gasteiger partial charge in [0.1, 0.15) is 12.3 Å². The first-order valence-corrected chi connectivity index (χ1v) is 10.1. The summed E-state index contributed by atoms with van der Waals surface area (Å²) >= 11 is 1.65. The minimum atomic E-state index is -0.360. The molecule has 1 aromatic heterocycles. The van der Waals surface area contributed by atoms with Crippen LogP contribution in [-0.2, 0) is 16.1 Å². The molecular weight excluding hydrogens is 376 g/mol. The highest BCUT2D eigenvalue weighted by atomic mass is 32.1. The Hall–Kier alpha value is -2.93. The van der Waals surface area contributed by atoms with Crippen molar-refractivity contribution in [2.45, 2.75) is 19.4 Å². The van der Waals surface area contributed by atoms with E-state index in [2.05, 4.69) is 6.07 Å².